The van der Waals surface area contributed by atoms with Gasteiger partial charge in [0.15, 0.2) is 0 Å². The Morgan fingerprint density at radius 1 is 1.21 bits per heavy atom. The second kappa shape index (κ2) is 7.61. The van der Waals surface area contributed by atoms with E-state index in [9.17, 15) is 9.59 Å². The molecule has 2 aliphatic heterocycles. The molecule has 0 N–H and O–H groups in total. The van der Waals surface area contributed by atoms with Crippen molar-refractivity contribution in [1.82, 2.24) is 9.80 Å². The van der Waals surface area contributed by atoms with Crippen LogP contribution in [0.4, 0.5) is 0 Å². The molecule has 1 atom stereocenters. The lowest BCUT2D eigenvalue weighted by Crippen LogP contribution is -2.55. The van der Waals surface area contributed by atoms with Gasteiger partial charge in [0.05, 0.1) is 6.26 Å². The van der Waals surface area contributed by atoms with E-state index in [0.717, 1.165) is 68.4 Å². The Labute approximate surface area is 166 Å². The van der Waals surface area contributed by atoms with Gasteiger partial charge in [0, 0.05) is 49.0 Å². The van der Waals surface area contributed by atoms with Gasteiger partial charge in [0.25, 0.3) is 5.91 Å². The number of carbonyl (C=O) groups excluding carboxylic acids is 2. The topological polar surface area (TPSA) is 53.8 Å². The third-order valence-electron chi connectivity index (χ3n) is 6.37. The lowest BCUT2D eigenvalue weighted by molar-refractivity contribution is -0.139. The second-order valence-electron chi connectivity index (χ2n) is 9.00. The molecule has 0 saturated carbocycles. The molecule has 0 unspecified atom stereocenters. The highest BCUT2D eigenvalue weighted by atomic mass is 16.3. The minimum Gasteiger partial charge on any atom is -0.464 e. The Morgan fingerprint density at radius 2 is 2.07 bits per heavy atom. The fraction of sp³-hybridized carbons (Fsp3) is 0.565. The van der Waals surface area contributed by atoms with Gasteiger partial charge in [0.2, 0.25) is 5.91 Å². The molecule has 1 aromatic heterocycles. The molecule has 2 fully saturated rings. The van der Waals surface area contributed by atoms with Crippen LogP contribution >= 0.6 is 0 Å². The quantitative estimate of drug-likeness (QED) is 0.791. The first-order valence-electron chi connectivity index (χ1n) is 10.5. The van der Waals surface area contributed by atoms with Crippen LogP contribution in [0.1, 0.15) is 56.3 Å². The summed E-state index contributed by atoms with van der Waals surface area (Å²) in [5, 5.41) is 0.959. The fourth-order valence-electron chi connectivity index (χ4n) is 4.72. The Balaban J connectivity index is 1.48. The molecule has 2 aromatic rings. The van der Waals surface area contributed by atoms with Crippen LogP contribution in [-0.2, 0) is 4.79 Å². The first-order valence-corrected chi connectivity index (χ1v) is 10.5. The zero-order chi connectivity index (χ0) is 19.7. The van der Waals surface area contributed by atoms with E-state index in [-0.39, 0.29) is 17.2 Å². The van der Waals surface area contributed by atoms with E-state index in [4.69, 9.17) is 4.42 Å². The van der Waals surface area contributed by atoms with Gasteiger partial charge in [-0.2, -0.15) is 0 Å². The Bertz CT molecular complexity index is 872. The number of amides is 2. The van der Waals surface area contributed by atoms with Crippen molar-refractivity contribution in [3.8, 4) is 0 Å². The highest BCUT2D eigenvalue weighted by Gasteiger charge is 2.42. The van der Waals surface area contributed by atoms with Gasteiger partial charge in [-0.15, -0.1) is 0 Å². The molecule has 5 heteroatoms. The van der Waals surface area contributed by atoms with E-state index in [0.29, 0.717) is 12.3 Å². The molecule has 1 aromatic carbocycles. The molecule has 0 radical (unpaired) electrons. The van der Waals surface area contributed by atoms with Gasteiger partial charge in [-0.1, -0.05) is 13.8 Å². The van der Waals surface area contributed by atoms with Crippen molar-refractivity contribution in [2.75, 3.05) is 26.2 Å². The maximum atomic E-state index is 13.2. The zero-order valence-electron chi connectivity index (χ0n) is 16.9. The molecular weight excluding hydrogens is 352 g/mol. The summed E-state index contributed by atoms with van der Waals surface area (Å²) in [7, 11) is 0. The number of rotatable bonds is 4. The number of piperidine rings is 2. The van der Waals surface area contributed by atoms with Crippen molar-refractivity contribution in [1.29, 1.82) is 0 Å². The van der Waals surface area contributed by atoms with E-state index in [1.54, 1.807) is 6.26 Å². The maximum Gasteiger partial charge on any atom is 0.253 e. The van der Waals surface area contributed by atoms with E-state index in [2.05, 4.69) is 18.7 Å². The molecule has 28 heavy (non-hydrogen) atoms. The lowest BCUT2D eigenvalue weighted by atomic mass is 9.73. The molecule has 3 heterocycles. The average Bonchev–Trinajstić information content (AvgIpc) is 3.16. The largest absolute Gasteiger partial charge is 0.464 e. The third-order valence-corrected chi connectivity index (χ3v) is 6.37. The summed E-state index contributed by atoms with van der Waals surface area (Å²) in [5.41, 5.74) is 1.58. The van der Waals surface area contributed by atoms with Crippen LogP contribution in [-0.4, -0.2) is 47.8 Å². The predicted octanol–water partition coefficient (Wildman–Crippen LogP) is 4.32. The van der Waals surface area contributed by atoms with E-state index < -0.39 is 0 Å². The van der Waals surface area contributed by atoms with Crippen LogP contribution in [0.25, 0.3) is 11.0 Å². The summed E-state index contributed by atoms with van der Waals surface area (Å²) in [6, 6.07) is 7.54. The van der Waals surface area contributed by atoms with Crippen LogP contribution in [0, 0.1) is 11.3 Å². The highest BCUT2D eigenvalue weighted by Crippen LogP contribution is 2.39. The standard InChI is InChI=1S/C23H30N2O3/c1-17(2)7-12-24-15-23(10-6-21(24)26)9-3-11-25(16-23)22(27)19-4-5-20-18(14-19)8-13-28-20/h4-5,8,13-14,17H,3,6-7,9-12,15-16H2,1-2H3/t23-/m0/s1. The van der Waals surface area contributed by atoms with Crippen LogP contribution in [0.15, 0.2) is 34.9 Å². The molecule has 2 amide bonds. The predicted molar refractivity (Wildman–Crippen MR) is 109 cm³/mol. The van der Waals surface area contributed by atoms with Crippen molar-refractivity contribution in [2.45, 2.75) is 46.0 Å². The normalized spacial score (nSPS) is 23.2. The number of hydrogen-bond acceptors (Lipinski definition) is 3. The lowest BCUT2D eigenvalue weighted by Gasteiger charge is -2.48. The number of carbonyl (C=O) groups is 2. The molecule has 2 saturated heterocycles. The summed E-state index contributed by atoms with van der Waals surface area (Å²) in [6.45, 7) is 7.57. The Hall–Kier alpha value is -2.30. The first kappa shape index (κ1) is 19.0. The van der Waals surface area contributed by atoms with Gasteiger partial charge in [-0.25, -0.2) is 0 Å². The smallest absolute Gasteiger partial charge is 0.253 e. The number of nitrogens with zero attached hydrogens (tertiary/aromatic N) is 2. The molecule has 0 aliphatic carbocycles. The monoisotopic (exact) mass is 382 g/mol. The molecule has 1 spiro atoms. The number of fused-ring (bicyclic) bond motifs is 1. The van der Waals surface area contributed by atoms with E-state index >= 15 is 0 Å². The summed E-state index contributed by atoms with van der Waals surface area (Å²) < 4.78 is 5.39. The molecule has 5 nitrogen and oxygen atoms in total. The maximum absolute atomic E-state index is 13.2. The number of furan rings is 1. The molecular formula is C23H30N2O3. The van der Waals surface area contributed by atoms with Crippen molar-refractivity contribution in [3.63, 3.8) is 0 Å². The second-order valence-corrected chi connectivity index (χ2v) is 9.00. The van der Waals surface area contributed by atoms with Crippen molar-refractivity contribution in [2.24, 2.45) is 11.3 Å². The van der Waals surface area contributed by atoms with Crippen LogP contribution < -0.4 is 0 Å². The summed E-state index contributed by atoms with van der Waals surface area (Å²) in [6.07, 6.45) is 6.30. The highest BCUT2D eigenvalue weighted by molar-refractivity contribution is 5.97. The number of likely N-dealkylation sites (tertiary alicyclic amines) is 2. The fourth-order valence-corrected chi connectivity index (χ4v) is 4.72. The molecule has 4 rings (SSSR count). The zero-order valence-corrected chi connectivity index (χ0v) is 16.9. The summed E-state index contributed by atoms with van der Waals surface area (Å²) in [5.74, 6) is 0.959. The van der Waals surface area contributed by atoms with Crippen LogP contribution in [0.3, 0.4) is 0 Å². The van der Waals surface area contributed by atoms with Gasteiger partial charge in [-0.05, 0) is 55.9 Å². The van der Waals surface area contributed by atoms with E-state index in [1.807, 2.05) is 29.2 Å². The molecule has 0 bridgehead atoms. The molecule has 150 valence electrons. The van der Waals surface area contributed by atoms with Gasteiger partial charge < -0.3 is 14.2 Å². The van der Waals surface area contributed by atoms with Crippen LogP contribution in [0.5, 0.6) is 0 Å². The van der Waals surface area contributed by atoms with Gasteiger partial charge in [-0.3, -0.25) is 9.59 Å². The van der Waals surface area contributed by atoms with Crippen molar-refractivity contribution in [3.05, 3.63) is 36.1 Å². The van der Waals surface area contributed by atoms with Crippen LogP contribution in [0.2, 0.25) is 0 Å². The number of benzene rings is 1. The third kappa shape index (κ3) is 3.80. The average molecular weight is 383 g/mol. The van der Waals surface area contributed by atoms with Crippen molar-refractivity contribution >= 4 is 22.8 Å². The first-order chi connectivity index (χ1) is 13.5. The number of hydrogen-bond donors (Lipinski definition) is 0. The Morgan fingerprint density at radius 3 is 2.89 bits per heavy atom. The summed E-state index contributed by atoms with van der Waals surface area (Å²) >= 11 is 0. The SMILES string of the molecule is CC(C)CCN1C[C@]2(CCCN(C(=O)c3ccc4occc4c3)C2)CCC1=O. The Kier molecular flexibility index (Phi) is 5.17. The van der Waals surface area contributed by atoms with Gasteiger partial charge in [0.1, 0.15) is 5.58 Å². The molecule has 2 aliphatic rings. The minimum atomic E-state index is 0.0541. The minimum absolute atomic E-state index is 0.0541. The summed E-state index contributed by atoms with van der Waals surface area (Å²) in [4.78, 5) is 29.6. The van der Waals surface area contributed by atoms with E-state index in [1.165, 1.54) is 0 Å². The van der Waals surface area contributed by atoms with Crippen molar-refractivity contribution < 1.29 is 14.0 Å². The van der Waals surface area contributed by atoms with Gasteiger partial charge >= 0.3 is 0 Å².